The number of hydrogen-bond donors (Lipinski definition) is 0. The molecule has 0 aromatic carbocycles. The van der Waals surface area contributed by atoms with Gasteiger partial charge in [-0.15, -0.1) is 6.58 Å². The molecule has 0 saturated heterocycles. The Morgan fingerprint density at radius 1 is 1.40 bits per heavy atom. The first-order valence-corrected chi connectivity index (χ1v) is 7.77. The van der Waals surface area contributed by atoms with Gasteiger partial charge in [-0.3, -0.25) is 4.57 Å². The number of rotatable bonds is 9. The number of halogens is 1. The Balaban J connectivity index is 4.20. The van der Waals surface area contributed by atoms with Crippen LogP contribution in [0.1, 0.15) is 33.1 Å². The molecule has 0 amide bonds. The molecule has 1 atom stereocenters. The number of unbranched alkanes of at least 4 members (excludes halogenated alkanes) is 1. The molecule has 0 saturated carbocycles. The third-order valence-electron chi connectivity index (χ3n) is 1.81. The first-order chi connectivity index (χ1) is 7.10. The normalized spacial score (nSPS) is 13.8. The van der Waals surface area contributed by atoms with Gasteiger partial charge in [-0.1, -0.05) is 22.0 Å². The molecule has 3 nitrogen and oxygen atoms in total. The van der Waals surface area contributed by atoms with Crippen LogP contribution in [0.5, 0.6) is 0 Å². The van der Waals surface area contributed by atoms with Crippen LogP contribution < -0.4 is 0 Å². The smallest absolute Gasteiger partial charge is 0.308 e. The van der Waals surface area contributed by atoms with Gasteiger partial charge in [0.2, 0.25) is 0 Å². The van der Waals surface area contributed by atoms with Crippen LogP contribution in [0.3, 0.4) is 0 Å². The Kier molecular flexibility index (Phi) is 8.72. The molecule has 0 fully saturated rings. The number of hydrogen-bond acceptors (Lipinski definition) is 3. The molecule has 0 aliphatic rings. The van der Waals surface area contributed by atoms with Crippen molar-refractivity contribution < 1.29 is 13.6 Å². The maximum atomic E-state index is 12.2. The predicted octanol–water partition coefficient (Wildman–Crippen LogP) is 4.33. The minimum atomic E-state index is -2.97. The molecular weight excluding hydrogens is 279 g/mol. The first-order valence-electron chi connectivity index (χ1n) is 5.24. The molecule has 0 bridgehead atoms. The Bertz CT molecular complexity index is 211. The SMILES string of the molecule is C=CCCCC(Br)P(=O)(OCC)OCC. The van der Waals surface area contributed by atoms with E-state index in [1.54, 1.807) is 0 Å². The number of alkyl halides is 1. The van der Waals surface area contributed by atoms with Crippen molar-refractivity contribution in [1.82, 2.24) is 0 Å². The van der Waals surface area contributed by atoms with Gasteiger partial charge in [0.1, 0.15) is 4.57 Å². The molecule has 15 heavy (non-hydrogen) atoms. The highest BCUT2D eigenvalue weighted by molar-refractivity contribution is 9.10. The van der Waals surface area contributed by atoms with Gasteiger partial charge in [0.05, 0.1) is 13.2 Å². The molecule has 90 valence electrons. The Morgan fingerprint density at radius 3 is 2.33 bits per heavy atom. The minimum Gasteiger partial charge on any atom is -0.308 e. The highest BCUT2D eigenvalue weighted by Crippen LogP contribution is 2.57. The lowest BCUT2D eigenvalue weighted by Crippen LogP contribution is -2.07. The van der Waals surface area contributed by atoms with Crippen LogP contribution in [-0.2, 0) is 13.6 Å². The molecule has 5 heteroatoms. The van der Waals surface area contributed by atoms with Gasteiger partial charge < -0.3 is 9.05 Å². The van der Waals surface area contributed by atoms with Crippen molar-refractivity contribution >= 4 is 23.5 Å². The van der Waals surface area contributed by atoms with E-state index >= 15 is 0 Å². The molecule has 0 spiro atoms. The zero-order valence-corrected chi connectivity index (χ0v) is 11.9. The fourth-order valence-electron chi connectivity index (χ4n) is 1.15. The van der Waals surface area contributed by atoms with Crippen LogP contribution in [-0.4, -0.2) is 17.8 Å². The van der Waals surface area contributed by atoms with Crippen molar-refractivity contribution in [2.75, 3.05) is 13.2 Å². The van der Waals surface area contributed by atoms with Gasteiger partial charge in [0.25, 0.3) is 0 Å². The van der Waals surface area contributed by atoms with Crippen LogP contribution in [0.15, 0.2) is 12.7 Å². The minimum absolute atomic E-state index is 0.218. The molecule has 0 radical (unpaired) electrons. The Hall–Kier alpha value is 0.370. The standard InChI is InChI=1S/C10H20BrO3P/c1-4-7-8-9-10(11)15(12,13-5-2)14-6-3/h4,10H,1,5-9H2,2-3H3. The average molecular weight is 299 g/mol. The Labute approximate surface area is 101 Å². The summed E-state index contributed by atoms with van der Waals surface area (Å²) in [4.78, 5) is 0. The zero-order chi connectivity index (χ0) is 11.7. The third kappa shape index (κ3) is 5.86. The van der Waals surface area contributed by atoms with E-state index in [1.807, 2.05) is 19.9 Å². The predicted molar refractivity (Wildman–Crippen MR) is 67.6 cm³/mol. The van der Waals surface area contributed by atoms with Gasteiger partial charge in [0, 0.05) is 0 Å². The third-order valence-corrected chi connectivity index (χ3v) is 5.95. The van der Waals surface area contributed by atoms with Crippen LogP contribution in [0.25, 0.3) is 0 Å². The van der Waals surface area contributed by atoms with Crippen molar-refractivity contribution in [3.8, 4) is 0 Å². The van der Waals surface area contributed by atoms with E-state index in [4.69, 9.17) is 9.05 Å². The van der Waals surface area contributed by atoms with E-state index in [0.29, 0.717) is 13.2 Å². The second-order valence-electron chi connectivity index (χ2n) is 3.03. The summed E-state index contributed by atoms with van der Waals surface area (Å²) in [5, 5.41) is 0. The summed E-state index contributed by atoms with van der Waals surface area (Å²) in [5.74, 6) is 0. The van der Waals surface area contributed by atoms with E-state index in [9.17, 15) is 4.57 Å². The largest absolute Gasteiger partial charge is 0.344 e. The van der Waals surface area contributed by atoms with Crippen LogP contribution in [0.2, 0.25) is 0 Å². The summed E-state index contributed by atoms with van der Waals surface area (Å²) in [5.41, 5.74) is 0. The summed E-state index contributed by atoms with van der Waals surface area (Å²) < 4.78 is 22.4. The topological polar surface area (TPSA) is 35.5 Å². The molecule has 0 aliphatic carbocycles. The average Bonchev–Trinajstić information content (AvgIpc) is 2.18. The monoisotopic (exact) mass is 298 g/mol. The highest BCUT2D eigenvalue weighted by Gasteiger charge is 2.32. The lowest BCUT2D eigenvalue weighted by Gasteiger charge is -2.21. The molecule has 0 rings (SSSR count). The van der Waals surface area contributed by atoms with E-state index in [1.165, 1.54) is 0 Å². The summed E-state index contributed by atoms with van der Waals surface area (Å²) >= 11 is 3.39. The van der Waals surface area contributed by atoms with Crippen molar-refractivity contribution in [1.29, 1.82) is 0 Å². The van der Waals surface area contributed by atoms with E-state index in [2.05, 4.69) is 22.5 Å². The summed E-state index contributed by atoms with van der Waals surface area (Å²) in [7, 11) is -2.97. The maximum Gasteiger partial charge on any atom is 0.344 e. The molecular formula is C10H20BrO3P. The maximum absolute atomic E-state index is 12.2. The molecule has 0 aromatic heterocycles. The van der Waals surface area contributed by atoms with Crippen molar-refractivity contribution in [2.24, 2.45) is 0 Å². The van der Waals surface area contributed by atoms with Gasteiger partial charge in [-0.05, 0) is 33.1 Å². The first kappa shape index (κ1) is 15.4. The molecule has 0 N–H and O–H groups in total. The van der Waals surface area contributed by atoms with Crippen molar-refractivity contribution in [3.05, 3.63) is 12.7 Å². The lowest BCUT2D eigenvalue weighted by atomic mass is 10.2. The fourth-order valence-corrected chi connectivity index (χ4v) is 3.80. The van der Waals surface area contributed by atoms with E-state index in [0.717, 1.165) is 19.3 Å². The Morgan fingerprint density at radius 2 is 1.93 bits per heavy atom. The van der Waals surface area contributed by atoms with Crippen molar-refractivity contribution in [3.63, 3.8) is 0 Å². The molecule has 0 aliphatic heterocycles. The molecule has 1 unspecified atom stereocenters. The van der Waals surface area contributed by atoms with Crippen molar-refractivity contribution in [2.45, 2.75) is 37.7 Å². The lowest BCUT2D eigenvalue weighted by molar-refractivity contribution is 0.217. The van der Waals surface area contributed by atoms with Gasteiger partial charge in [-0.25, -0.2) is 0 Å². The van der Waals surface area contributed by atoms with Crippen LogP contribution in [0, 0.1) is 0 Å². The quantitative estimate of drug-likeness (QED) is 0.275. The summed E-state index contributed by atoms with van der Waals surface area (Å²) in [6.07, 6.45) is 4.47. The summed E-state index contributed by atoms with van der Waals surface area (Å²) in [6, 6.07) is 0. The van der Waals surface area contributed by atoms with Gasteiger partial charge in [-0.2, -0.15) is 0 Å². The van der Waals surface area contributed by atoms with E-state index < -0.39 is 7.60 Å². The molecule has 0 heterocycles. The zero-order valence-electron chi connectivity index (χ0n) is 9.45. The van der Waals surface area contributed by atoms with Crippen LogP contribution >= 0.6 is 23.5 Å². The van der Waals surface area contributed by atoms with Gasteiger partial charge in [0.15, 0.2) is 0 Å². The van der Waals surface area contributed by atoms with Crippen LogP contribution in [0.4, 0.5) is 0 Å². The second-order valence-corrected chi connectivity index (χ2v) is 7.06. The van der Waals surface area contributed by atoms with Gasteiger partial charge >= 0.3 is 7.60 Å². The second kappa shape index (κ2) is 8.51. The van der Waals surface area contributed by atoms with E-state index in [-0.39, 0.29) is 4.57 Å². The number of allylic oxidation sites excluding steroid dienone is 1. The highest BCUT2D eigenvalue weighted by atomic mass is 79.9. The summed E-state index contributed by atoms with van der Waals surface area (Å²) in [6.45, 7) is 8.08. The fraction of sp³-hybridized carbons (Fsp3) is 0.800. The molecule has 0 aromatic rings.